The van der Waals surface area contributed by atoms with Crippen LogP contribution in [0.1, 0.15) is 12.8 Å². The van der Waals surface area contributed by atoms with Gasteiger partial charge in [0.25, 0.3) is 0 Å². The maximum Gasteiger partial charge on any atom is 0.407 e. The third kappa shape index (κ3) is 1.66. The molecular weight excluding hydrogens is 160 g/mol. The van der Waals surface area contributed by atoms with Crippen molar-refractivity contribution in [2.24, 2.45) is 0 Å². The highest BCUT2D eigenvalue weighted by molar-refractivity contribution is 5.66. The lowest BCUT2D eigenvalue weighted by molar-refractivity contribution is 0.131. The van der Waals surface area contributed by atoms with Crippen LogP contribution in [0.4, 0.5) is 4.79 Å². The number of aliphatic hydroxyl groups excluding tert-OH is 1. The summed E-state index contributed by atoms with van der Waals surface area (Å²) in [5.74, 6) is 0. The second kappa shape index (κ2) is 3.41. The van der Waals surface area contributed by atoms with Crippen molar-refractivity contribution in [3.8, 4) is 6.07 Å². The molecule has 1 rings (SSSR count). The van der Waals surface area contributed by atoms with E-state index in [-0.39, 0.29) is 19.0 Å². The highest BCUT2D eigenvalue weighted by Gasteiger charge is 2.33. The van der Waals surface area contributed by atoms with Gasteiger partial charge in [0.1, 0.15) is 0 Å². The molecule has 0 radical (unpaired) electrons. The fourth-order valence-electron chi connectivity index (χ4n) is 1.43. The van der Waals surface area contributed by atoms with E-state index >= 15 is 0 Å². The largest absolute Gasteiger partial charge is 0.465 e. The molecule has 1 aliphatic heterocycles. The Labute approximate surface area is 69.8 Å². The van der Waals surface area contributed by atoms with E-state index in [2.05, 4.69) is 0 Å². The molecule has 0 aromatic rings. The van der Waals surface area contributed by atoms with Crippen molar-refractivity contribution >= 4 is 6.09 Å². The lowest BCUT2D eigenvalue weighted by Gasteiger charge is -2.17. The molecular formula is C7H10N2O3. The van der Waals surface area contributed by atoms with Gasteiger partial charge in [0, 0.05) is 0 Å². The molecule has 12 heavy (non-hydrogen) atoms. The minimum absolute atomic E-state index is 0.127. The van der Waals surface area contributed by atoms with Gasteiger partial charge in [-0.05, 0) is 6.42 Å². The number of likely N-dealkylation sites (tertiary alicyclic amines) is 1. The molecule has 2 unspecified atom stereocenters. The van der Waals surface area contributed by atoms with Crippen LogP contribution >= 0.6 is 0 Å². The van der Waals surface area contributed by atoms with Gasteiger partial charge < -0.3 is 15.1 Å². The molecule has 1 aliphatic rings. The molecule has 2 N–H and O–H groups in total. The highest BCUT2D eigenvalue weighted by Crippen LogP contribution is 2.19. The van der Waals surface area contributed by atoms with Gasteiger partial charge >= 0.3 is 6.09 Å². The van der Waals surface area contributed by atoms with Gasteiger partial charge in [-0.2, -0.15) is 5.26 Å². The van der Waals surface area contributed by atoms with Gasteiger partial charge in [-0.3, -0.25) is 0 Å². The van der Waals surface area contributed by atoms with E-state index < -0.39 is 12.2 Å². The predicted molar refractivity (Wildman–Crippen MR) is 39.4 cm³/mol. The van der Waals surface area contributed by atoms with Gasteiger partial charge in [-0.15, -0.1) is 0 Å². The first-order chi connectivity index (χ1) is 5.65. The van der Waals surface area contributed by atoms with Crippen LogP contribution in [-0.2, 0) is 0 Å². The average molecular weight is 170 g/mol. The zero-order valence-corrected chi connectivity index (χ0v) is 6.47. The Balaban J connectivity index is 2.60. The van der Waals surface area contributed by atoms with Crippen LogP contribution < -0.4 is 0 Å². The Morgan fingerprint density at radius 1 is 1.75 bits per heavy atom. The molecule has 0 aliphatic carbocycles. The normalized spacial score (nSPS) is 28.5. The van der Waals surface area contributed by atoms with E-state index in [0.717, 1.165) is 4.90 Å². The van der Waals surface area contributed by atoms with Crippen molar-refractivity contribution in [1.82, 2.24) is 4.90 Å². The lowest BCUT2D eigenvalue weighted by Crippen LogP contribution is -2.34. The Morgan fingerprint density at radius 2 is 2.42 bits per heavy atom. The molecule has 0 spiro atoms. The van der Waals surface area contributed by atoms with Gasteiger partial charge in [0.2, 0.25) is 0 Å². The Bertz CT molecular complexity index is 223. The maximum absolute atomic E-state index is 10.5. The second-order valence-electron chi connectivity index (χ2n) is 2.84. The summed E-state index contributed by atoms with van der Waals surface area (Å²) in [7, 11) is 0. The fraction of sp³-hybridized carbons (Fsp3) is 0.714. The Hall–Kier alpha value is -1.28. The monoisotopic (exact) mass is 170 g/mol. The van der Waals surface area contributed by atoms with Crippen molar-refractivity contribution in [2.75, 3.05) is 6.54 Å². The average Bonchev–Trinajstić information content (AvgIpc) is 2.32. The summed E-state index contributed by atoms with van der Waals surface area (Å²) in [6, 6.07) is 1.57. The van der Waals surface area contributed by atoms with E-state index in [1.165, 1.54) is 0 Å². The number of β-amino-alcohol motifs (C(OH)–C–C–N with tert-alkyl or cyclic N) is 1. The topological polar surface area (TPSA) is 84.6 Å². The molecule has 0 saturated carbocycles. The molecule has 66 valence electrons. The number of carbonyl (C=O) groups is 1. The van der Waals surface area contributed by atoms with Crippen molar-refractivity contribution in [3.63, 3.8) is 0 Å². The SMILES string of the molecule is N#CCC1CC(O)CN1C(=O)O. The van der Waals surface area contributed by atoms with Gasteiger partial charge in [-0.25, -0.2) is 4.79 Å². The van der Waals surface area contributed by atoms with Crippen LogP contribution in [0.15, 0.2) is 0 Å². The number of aliphatic hydroxyl groups is 1. The first-order valence-electron chi connectivity index (χ1n) is 3.69. The number of nitriles is 1. The fourth-order valence-corrected chi connectivity index (χ4v) is 1.43. The van der Waals surface area contributed by atoms with Gasteiger partial charge in [0.05, 0.1) is 31.2 Å². The van der Waals surface area contributed by atoms with Crippen LogP contribution in [0, 0.1) is 11.3 Å². The zero-order valence-electron chi connectivity index (χ0n) is 6.47. The summed E-state index contributed by atoms with van der Waals surface area (Å²) in [4.78, 5) is 11.7. The number of amides is 1. The van der Waals surface area contributed by atoms with Crippen molar-refractivity contribution in [2.45, 2.75) is 25.0 Å². The lowest BCUT2D eigenvalue weighted by atomic mass is 10.1. The highest BCUT2D eigenvalue weighted by atomic mass is 16.4. The molecule has 1 amide bonds. The first-order valence-corrected chi connectivity index (χ1v) is 3.69. The first kappa shape index (κ1) is 8.81. The van der Waals surface area contributed by atoms with Crippen LogP contribution in [0.3, 0.4) is 0 Å². The zero-order chi connectivity index (χ0) is 9.14. The van der Waals surface area contributed by atoms with E-state index in [9.17, 15) is 4.79 Å². The van der Waals surface area contributed by atoms with Crippen LogP contribution in [-0.4, -0.2) is 39.9 Å². The summed E-state index contributed by atoms with van der Waals surface area (Å²) in [6.07, 6.45) is -1.14. The summed E-state index contributed by atoms with van der Waals surface area (Å²) in [5, 5.41) is 26.1. The smallest absolute Gasteiger partial charge is 0.407 e. The third-order valence-electron chi connectivity index (χ3n) is 1.96. The second-order valence-corrected chi connectivity index (χ2v) is 2.84. The summed E-state index contributed by atoms with van der Waals surface area (Å²) in [5.41, 5.74) is 0. The molecule has 2 atom stereocenters. The number of rotatable bonds is 1. The van der Waals surface area contributed by atoms with E-state index in [4.69, 9.17) is 15.5 Å². The van der Waals surface area contributed by atoms with Gasteiger partial charge in [-0.1, -0.05) is 0 Å². The van der Waals surface area contributed by atoms with Crippen molar-refractivity contribution in [1.29, 1.82) is 5.26 Å². The molecule has 1 saturated heterocycles. The molecule has 0 aromatic carbocycles. The van der Waals surface area contributed by atoms with E-state index in [1.54, 1.807) is 0 Å². The van der Waals surface area contributed by atoms with Crippen LogP contribution in [0.2, 0.25) is 0 Å². The number of hydrogen-bond acceptors (Lipinski definition) is 3. The number of nitrogens with zero attached hydrogens (tertiary/aromatic N) is 2. The minimum Gasteiger partial charge on any atom is -0.465 e. The quantitative estimate of drug-likeness (QED) is 0.580. The van der Waals surface area contributed by atoms with Crippen LogP contribution in [0.25, 0.3) is 0 Å². The molecule has 5 heteroatoms. The molecule has 5 nitrogen and oxygen atoms in total. The maximum atomic E-state index is 10.5. The summed E-state index contributed by atoms with van der Waals surface area (Å²) >= 11 is 0. The van der Waals surface area contributed by atoms with Crippen molar-refractivity contribution < 1.29 is 15.0 Å². The Kier molecular flexibility index (Phi) is 2.51. The standard InChI is InChI=1S/C7H10N2O3/c8-2-1-5-3-6(10)4-9(5)7(11)12/h5-6,10H,1,3-4H2,(H,11,12). The van der Waals surface area contributed by atoms with Crippen molar-refractivity contribution in [3.05, 3.63) is 0 Å². The predicted octanol–water partition coefficient (Wildman–Crippen LogP) is 0.0133. The summed E-state index contributed by atoms with van der Waals surface area (Å²) in [6.45, 7) is 0.127. The molecule has 0 aromatic heterocycles. The number of carboxylic acid groups (broad SMARTS) is 1. The van der Waals surface area contributed by atoms with Gasteiger partial charge in [0.15, 0.2) is 0 Å². The molecule has 1 heterocycles. The molecule has 1 fully saturated rings. The Morgan fingerprint density at radius 3 is 2.92 bits per heavy atom. The van der Waals surface area contributed by atoms with E-state index in [0.29, 0.717) is 6.42 Å². The summed E-state index contributed by atoms with van der Waals surface area (Å²) < 4.78 is 0. The molecule has 0 bridgehead atoms. The third-order valence-corrected chi connectivity index (χ3v) is 1.96. The number of hydrogen-bond donors (Lipinski definition) is 2. The minimum atomic E-state index is -1.06. The van der Waals surface area contributed by atoms with E-state index in [1.807, 2.05) is 6.07 Å². The van der Waals surface area contributed by atoms with Crippen LogP contribution in [0.5, 0.6) is 0 Å².